The number of rotatable bonds is 7. The first-order chi connectivity index (χ1) is 14.8. The molecule has 10 nitrogen and oxygen atoms in total. The molecule has 11 heteroatoms. The third-order valence-electron chi connectivity index (χ3n) is 5.20. The van der Waals surface area contributed by atoms with E-state index >= 15 is 0 Å². The number of aliphatic hydroxyl groups excluding tert-OH is 1. The highest BCUT2D eigenvalue weighted by molar-refractivity contribution is 7.92. The minimum atomic E-state index is -3.63. The Kier molecular flexibility index (Phi) is 8.35. The van der Waals surface area contributed by atoms with E-state index in [-0.39, 0.29) is 54.1 Å². The maximum Gasteiger partial charge on any atom is 0.317 e. The van der Waals surface area contributed by atoms with Gasteiger partial charge in [-0.2, -0.15) is 0 Å². The molecular weight excluding hydrogens is 436 g/mol. The van der Waals surface area contributed by atoms with Crippen molar-refractivity contribution in [3.63, 3.8) is 0 Å². The Morgan fingerprint density at radius 1 is 1.34 bits per heavy atom. The summed E-state index contributed by atoms with van der Waals surface area (Å²) in [5, 5.41) is 12.5. The molecule has 0 aliphatic carbocycles. The molecule has 180 valence electrons. The quantitative estimate of drug-likeness (QED) is 0.552. The van der Waals surface area contributed by atoms with Crippen LogP contribution in [0.5, 0.6) is 5.75 Å². The first-order valence-electron chi connectivity index (χ1n) is 10.5. The van der Waals surface area contributed by atoms with E-state index in [1.54, 1.807) is 31.0 Å². The zero-order valence-electron chi connectivity index (χ0n) is 19.5. The van der Waals surface area contributed by atoms with Crippen LogP contribution in [0.15, 0.2) is 18.2 Å². The van der Waals surface area contributed by atoms with Gasteiger partial charge in [-0.05, 0) is 32.9 Å². The minimum Gasteiger partial charge on any atom is -0.485 e. The molecule has 0 radical (unpaired) electrons. The predicted molar refractivity (Wildman–Crippen MR) is 122 cm³/mol. The summed E-state index contributed by atoms with van der Waals surface area (Å²) in [4.78, 5) is 28.8. The number of likely N-dealkylation sites (N-methyl/N-ethyl adjacent to an activating group) is 1. The Morgan fingerprint density at radius 2 is 2.00 bits per heavy atom. The van der Waals surface area contributed by atoms with Crippen molar-refractivity contribution in [1.82, 2.24) is 15.1 Å². The molecule has 3 amide bonds. The van der Waals surface area contributed by atoms with Crippen molar-refractivity contribution in [2.45, 2.75) is 45.9 Å². The molecule has 3 N–H and O–H groups in total. The number of nitrogens with zero attached hydrogens (tertiary/aromatic N) is 2. The average molecular weight is 471 g/mol. The molecule has 1 heterocycles. The predicted octanol–water partition coefficient (Wildman–Crippen LogP) is 1.33. The van der Waals surface area contributed by atoms with Crippen molar-refractivity contribution in [2.24, 2.45) is 5.92 Å². The van der Waals surface area contributed by atoms with E-state index in [0.717, 1.165) is 6.26 Å². The van der Waals surface area contributed by atoms with Gasteiger partial charge in [-0.1, -0.05) is 13.0 Å². The number of anilines is 1. The molecule has 32 heavy (non-hydrogen) atoms. The van der Waals surface area contributed by atoms with Crippen LogP contribution >= 0.6 is 0 Å². The normalized spacial score (nSPS) is 20.0. The fourth-order valence-electron chi connectivity index (χ4n) is 3.45. The molecular formula is C21H34N4O6S. The number of aliphatic hydroxyl groups is 1. The van der Waals surface area contributed by atoms with Crippen LogP contribution in [0.25, 0.3) is 0 Å². The molecule has 1 aromatic carbocycles. The molecule has 1 aliphatic heterocycles. The summed E-state index contributed by atoms with van der Waals surface area (Å²) in [7, 11) is -1.99. The van der Waals surface area contributed by atoms with Crippen LogP contribution in [0.1, 0.15) is 38.1 Å². The lowest BCUT2D eigenvalue weighted by atomic mass is 9.99. The topological polar surface area (TPSA) is 128 Å². The van der Waals surface area contributed by atoms with E-state index in [4.69, 9.17) is 4.74 Å². The smallest absolute Gasteiger partial charge is 0.317 e. The first kappa shape index (κ1) is 25.7. The van der Waals surface area contributed by atoms with Gasteiger partial charge in [0.2, 0.25) is 10.0 Å². The monoisotopic (exact) mass is 470 g/mol. The fourth-order valence-corrected chi connectivity index (χ4v) is 4.01. The van der Waals surface area contributed by atoms with Gasteiger partial charge in [0.15, 0.2) is 5.75 Å². The lowest BCUT2D eigenvalue weighted by molar-refractivity contribution is 0.0369. The van der Waals surface area contributed by atoms with E-state index in [0.29, 0.717) is 6.54 Å². The zero-order valence-corrected chi connectivity index (χ0v) is 20.3. The van der Waals surface area contributed by atoms with E-state index in [2.05, 4.69) is 10.0 Å². The summed E-state index contributed by atoms with van der Waals surface area (Å²) in [6, 6.07) is 3.89. The van der Waals surface area contributed by atoms with E-state index < -0.39 is 22.2 Å². The Balaban J connectivity index is 2.51. The van der Waals surface area contributed by atoms with Crippen LogP contribution in [-0.2, 0) is 10.0 Å². The van der Waals surface area contributed by atoms with Crippen molar-refractivity contribution in [3.05, 3.63) is 23.8 Å². The Morgan fingerprint density at radius 3 is 2.56 bits per heavy atom. The summed E-state index contributed by atoms with van der Waals surface area (Å²) in [6.45, 7) is 7.64. The second-order valence-corrected chi connectivity index (χ2v) is 10.4. The number of urea groups is 1. The molecule has 0 unspecified atom stereocenters. The molecule has 0 saturated heterocycles. The van der Waals surface area contributed by atoms with Gasteiger partial charge in [-0.25, -0.2) is 13.2 Å². The van der Waals surface area contributed by atoms with E-state index in [1.807, 2.05) is 20.8 Å². The summed E-state index contributed by atoms with van der Waals surface area (Å²) >= 11 is 0. The van der Waals surface area contributed by atoms with Crippen LogP contribution in [0.2, 0.25) is 0 Å². The number of para-hydroxylation sites is 1. The third-order valence-corrected chi connectivity index (χ3v) is 5.79. The number of carbonyl (C=O) groups excluding carboxylic acids is 2. The Labute approximate surface area is 190 Å². The number of fused-ring (bicyclic) bond motifs is 1. The van der Waals surface area contributed by atoms with Crippen LogP contribution in [0, 0.1) is 5.92 Å². The maximum absolute atomic E-state index is 13.3. The third kappa shape index (κ3) is 6.49. The first-order valence-corrected chi connectivity index (χ1v) is 12.4. The highest BCUT2D eigenvalue weighted by atomic mass is 32.2. The highest BCUT2D eigenvalue weighted by Gasteiger charge is 2.35. The van der Waals surface area contributed by atoms with Gasteiger partial charge >= 0.3 is 6.03 Å². The summed E-state index contributed by atoms with van der Waals surface area (Å²) in [6.07, 6.45) is 0.474. The number of hydrogen-bond acceptors (Lipinski definition) is 6. The van der Waals surface area contributed by atoms with Gasteiger partial charge in [0.25, 0.3) is 5.91 Å². The number of ether oxygens (including phenoxy) is 1. The van der Waals surface area contributed by atoms with Crippen molar-refractivity contribution in [3.8, 4) is 5.75 Å². The van der Waals surface area contributed by atoms with E-state index in [9.17, 15) is 23.1 Å². The van der Waals surface area contributed by atoms with Gasteiger partial charge < -0.3 is 25.0 Å². The van der Waals surface area contributed by atoms with E-state index in [1.165, 1.54) is 11.0 Å². The lowest BCUT2D eigenvalue weighted by Gasteiger charge is -2.38. The zero-order chi connectivity index (χ0) is 24.2. The molecule has 0 bridgehead atoms. The van der Waals surface area contributed by atoms with Crippen molar-refractivity contribution in [2.75, 3.05) is 37.7 Å². The second-order valence-electron chi connectivity index (χ2n) is 8.66. The van der Waals surface area contributed by atoms with Gasteiger partial charge in [0.05, 0.1) is 36.7 Å². The van der Waals surface area contributed by atoms with Gasteiger partial charge in [0, 0.05) is 25.6 Å². The number of nitrogens with one attached hydrogen (secondary N) is 2. The average Bonchev–Trinajstić information content (AvgIpc) is 2.68. The lowest BCUT2D eigenvalue weighted by Crippen LogP contribution is -2.51. The molecule has 1 aromatic rings. The SMILES string of the molecule is CC(C)NC(=O)N(C)C[C@@H]1Oc2c(NS(C)(=O)=O)cccc2C(=O)N([C@@H](C)CO)C[C@H]1C. The highest BCUT2D eigenvalue weighted by Crippen LogP contribution is 2.35. The summed E-state index contributed by atoms with van der Waals surface area (Å²) in [5.74, 6) is -0.483. The van der Waals surface area contributed by atoms with Crippen molar-refractivity contribution >= 4 is 27.6 Å². The molecule has 0 spiro atoms. The summed E-state index contributed by atoms with van der Waals surface area (Å²) < 4.78 is 32.4. The standard InChI is InChI=1S/C21H34N4O6S/c1-13(2)22-21(28)24(5)11-18-14(3)10-25(15(4)12-26)20(27)16-8-7-9-17(19(16)31-18)23-32(6,29)30/h7-9,13-15,18,23,26H,10-12H2,1-6H3,(H,22,28)/t14-,15+,18+/m1/s1. The van der Waals surface area contributed by atoms with Crippen LogP contribution in [0.3, 0.4) is 0 Å². The van der Waals surface area contributed by atoms with Gasteiger partial charge in [-0.15, -0.1) is 0 Å². The Bertz CT molecular complexity index is 936. The molecule has 1 aliphatic rings. The van der Waals surface area contributed by atoms with Crippen LogP contribution in [0.4, 0.5) is 10.5 Å². The largest absolute Gasteiger partial charge is 0.485 e. The molecule has 0 saturated carbocycles. The van der Waals surface area contributed by atoms with Gasteiger partial charge in [-0.3, -0.25) is 9.52 Å². The van der Waals surface area contributed by atoms with Crippen LogP contribution < -0.4 is 14.8 Å². The fraction of sp³-hybridized carbons (Fsp3) is 0.619. The van der Waals surface area contributed by atoms with Crippen molar-refractivity contribution < 1.29 is 27.9 Å². The molecule has 0 aromatic heterocycles. The Hall–Kier alpha value is -2.53. The number of carbonyl (C=O) groups is 2. The number of benzene rings is 1. The molecule has 3 atom stereocenters. The second kappa shape index (κ2) is 10.4. The maximum atomic E-state index is 13.3. The van der Waals surface area contributed by atoms with Crippen LogP contribution in [-0.4, -0.2) is 86.4 Å². The number of amides is 3. The number of hydrogen-bond donors (Lipinski definition) is 3. The number of sulfonamides is 1. The molecule has 0 fully saturated rings. The van der Waals surface area contributed by atoms with Gasteiger partial charge in [0.1, 0.15) is 6.10 Å². The minimum absolute atomic E-state index is 0.0366. The molecule has 2 rings (SSSR count). The summed E-state index contributed by atoms with van der Waals surface area (Å²) in [5.41, 5.74) is 0.327. The van der Waals surface area contributed by atoms with Crippen molar-refractivity contribution in [1.29, 1.82) is 0 Å².